The van der Waals surface area contributed by atoms with Gasteiger partial charge in [-0.2, -0.15) is 15.0 Å². The van der Waals surface area contributed by atoms with Crippen LogP contribution in [0.1, 0.15) is 36.8 Å². The standard InChI is InChI=1S/C30H33FN10O3/c31-23-12-8-11-22(19-23)20-35-30-37-28(36-29(38-30)34-18-15-21-9-4-3-5-10-21)33-17-7-2-1-6-16-32-24-13-14-25(41(42)43)27-26(24)39-44-40-27/h3-5,8-14,19,32H,1-2,6-7,15-18,20H2,(H3,33,34,35,36,37,38). The zero-order valence-electron chi connectivity index (χ0n) is 24.0. The van der Waals surface area contributed by atoms with Crippen LogP contribution in [0.3, 0.4) is 0 Å². The van der Waals surface area contributed by atoms with E-state index in [-0.39, 0.29) is 17.0 Å². The number of anilines is 4. The number of non-ortho nitro benzene ring substituents is 1. The van der Waals surface area contributed by atoms with Crippen molar-refractivity contribution in [2.45, 2.75) is 38.6 Å². The second kappa shape index (κ2) is 15.2. The summed E-state index contributed by atoms with van der Waals surface area (Å²) < 4.78 is 18.3. The van der Waals surface area contributed by atoms with Gasteiger partial charge in [-0.25, -0.2) is 9.02 Å². The molecule has 0 saturated carbocycles. The maximum Gasteiger partial charge on any atom is 0.300 e. The van der Waals surface area contributed by atoms with Gasteiger partial charge in [-0.05, 0) is 58.9 Å². The summed E-state index contributed by atoms with van der Waals surface area (Å²) in [7, 11) is 0. The zero-order chi connectivity index (χ0) is 30.6. The molecule has 0 radical (unpaired) electrons. The normalized spacial score (nSPS) is 10.9. The van der Waals surface area contributed by atoms with Crippen LogP contribution >= 0.6 is 0 Å². The van der Waals surface area contributed by atoms with Crippen molar-refractivity contribution >= 4 is 40.3 Å². The molecule has 3 aromatic carbocycles. The highest BCUT2D eigenvalue weighted by molar-refractivity contribution is 5.93. The molecule has 0 amide bonds. The van der Waals surface area contributed by atoms with E-state index in [0.29, 0.717) is 55.2 Å². The molecule has 0 saturated heterocycles. The lowest BCUT2D eigenvalue weighted by atomic mass is 10.1. The topological polar surface area (TPSA) is 169 Å². The Morgan fingerprint density at radius 3 is 2.09 bits per heavy atom. The Labute approximate surface area is 252 Å². The molecule has 0 spiro atoms. The molecule has 0 aliphatic rings. The van der Waals surface area contributed by atoms with E-state index >= 15 is 0 Å². The van der Waals surface area contributed by atoms with Crippen molar-refractivity contribution in [2.75, 3.05) is 40.9 Å². The van der Waals surface area contributed by atoms with Crippen molar-refractivity contribution in [2.24, 2.45) is 0 Å². The minimum atomic E-state index is -0.505. The fraction of sp³-hybridized carbons (Fsp3) is 0.300. The summed E-state index contributed by atoms with van der Waals surface area (Å²) in [5.41, 5.74) is 2.98. The van der Waals surface area contributed by atoms with E-state index in [2.05, 4.69) is 58.7 Å². The molecule has 0 atom stereocenters. The van der Waals surface area contributed by atoms with E-state index < -0.39 is 4.92 Å². The second-order valence-corrected chi connectivity index (χ2v) is 10.1. The highest BCUT2D eigenvalue weighted by Gasteiger charge is 2.19. The van der Waals surface area contributed by atoms with Gasteiger partial charge in [0.2, 0.25) is 23.4 Å². The lowest BCUT2D eigenvalue weighted by Gasteiger charge is -2.12. The van der Waals surface area contributed by atoms with Crippen LogP contribution in [0.15, 0.2) is 71.4 Å². The average Bonchev–Trinajstić information content (AvgIpc) is 3.52. The minimum Gasteiger partial charge on any atom is -0.383 e. The summed E-state index contributed by atoms with van der Waals surface area (Å²) in [5.74, 6) is 1.00. The maximum absolute atomic E-state index is 13.6. The van der Waals surface area contributed by atoms with Crippen LogP contribution in [0.5, 0.6) is 0 Å². The highest BCUT2D eigenvalue weighted by atomic mass is 19.1. The third-order valence-electron chi connectivity index (χ3n) is 6.81. The summed E-state index contributed by atoms with van der Waals surface area (Å²) in [6.07, 6.45) is 4.59. The van der Waals surface area contributed by atoms with Crippen molar-refractivity contribution in [3.05, 3.63) is 93.8 Å². The van der Waals surface area contributed by atoms with Crippen LogP contribution in [0.25, 0.3) is 11.0 Å². The molecule has 5 aromatic rings. The lowest BCUT2D eigenvalue weighted by molar-refractivity contribution is -0.383. The van der Waals surface area contributed by atoms with Crippen LogP contribution < -0.4 is 21.3 Å². The Morgan fingerprint density at radius 1 is 0.705 bits per heavy atom. The van der Waals surface area contributed by atoms with Gasteiger partial charge in [-0.3, -0.25) is 10.1 Å². The lowest BCUT2D eigenvalue weighted by Crippen LogP contribution is -2.14. The number of nitro benzene ring substituents is 1. The van der Waals surface area contributed by atoms with Crippen molar-refractivity contribution in [3.63, 3.8) is 0 Å². The fourth-order valence-electron chi connectivity index (χ4n) is 4.57. The third-order valence-corrected chi connectivity index (χ3v) is 6.81. The molecule has 4 N–H and O–H groups in total. The van der Waals surface area contributed by atoms with Crippen molar-refractivity contribution < 1.29 is 13.9 Å². The smallest absolute Gasteiger partial charge is 0.300 e. The summed E-state index contributed by atoms with van der Waals surface area (Å²) in [6.45, 7) is 2.39. The Kier molecular flexibility index (Phi) is 10.4. The number of halogens is 1. The van der Waals surface area contributed by atoms with Crippen LogP contribution in [-0.4, -0.2) is 49.8 Å². The average molecular weight is 601 g/mol. The van der Waals surface area contributed by atoms with Crippen LogP contribution in [-0.2, 0) is 13.0 Å². The zero-order valence-corrected chi connectivity index (χ0v) is 24.0. The van der Waals surface area contributed by atoms with Gasteiger partial charge >= 0.3 is 5.69 Å². The van der Waals surface area contributed by atoms with Crippen molar-refractivity contribution in [3.8, 4) is 0 Å². The number of aromatic nitrogens is 5. The highest BCUT2D eigenvalue weighted by Crippen LogP contribution is 2.28. The summed E-state index contributed by atoms with van der Waals surface area (Å²) in [4.78, 5) is 24.2. The van der Waals surface area contributed by atoms with Crippen LogP contribution in [0.4, 0.5) is 33.6 Å². The van der Waals surface area contributed by atoms with Gasteiger partial charge in [-0.15, -0.1) is 0 Å². The maximum atomic E-state index is 13.6. The molecule has 228 valence electrons. The van der Waals surface area contributed by atoms with Crippen LogP contribution in [0, 0.1) is 15.9 Å². The number of nitrogens with zero attached hydrogens (tertiary/aromatic N) is 6. The quantitative estimate of drug-likeness (QED) is 0.0575. The molecule has 14 heteroatoms. The van der Waals surface area contributed by atoms with E-state index in [1.807, 2.05) is 24.3 Å². The second-order valence-electron chi connectivity index (χ2n) is 10.1. The van der Waals surface area contributed by atoms with E-state index in [4.69, 9.17) is 4.63 Å². The fourth-order valence-corrected chi connectivity index (χ4v) is 4.57. The number of nitro groups is 1. The summed E-state index contributed by atoms with van der Waals surface area (Å²) in [6, 6.07) is 19.6. The Bertz CT molecular complexity index is 1670. The van der Waals surface area contributed by atoms with Gasteiger partial charge in [0, 0.05) is 32.2 Å². The first kappa shape index (κ1) is 30.1. The molecule has 0 bridgehead atoms. The molecular weight excluding hydrogens is 567 g/mol. The van der Waals surface area contributed by atoms with E-state index in [0.717, 1.165) is 37.7 Å². The number of fused-ring (bicyclic) bond motifs is 1. The summed E-state index contributed by atoms with van der Waals surface area (Å²) >= 11 is 0. The number of unbranched alkanes of at least 4 members (excludes halogenated alkanes) is 3. The number of nitrogens with one attached hydrogen (secondary N) is 4. The van der Waals surface area contributed by atoms with Gasteiger partial charge in [0.15, 0.2) is 5.52 Å². The molecule has 44 heavy (non-hydrogen) atoms. The van der Waals surface area contributed by atoms with Gasteiger partial charge < -0.3 is 21.3 Å². The Morgan fingerprint density at radius 2 is 1.36 bits per heavy atom. The molecule has 5 rings (SSSR count). The summed E-state index contributed by atoms with van der Waals surface area (Å²) in [5, 5.41) is 31.6. The third kappa shape index (κ3) is 8.56. The number of benzene rings is 3. The van der Waals surface area contributed by atoms with E-state index in [9.17, 15) is 14.5 Å². The van der Waals surface area contributed by atoms with Crippen molar-refractivity contribution in [1.29, 1.82) is 0 Å². The monoisotopic (exact) mass is 600 g/mol. The molecular formula is C30H33FN10O3. The Balaban J connectivity index is 1.08. The van der Waals surface area contributed by atoms with Gasteiger partial charge in [0.05, 0.1) is 10.6 Å². The first-order chi connectivity index (χ1) is 21.5. The van der Waals surface area contributed by atoms with Gasteiger partial charge in [-0.1, -0.05) is 55.3 Å². The molecule has 0 aliphatic carbocycles. The largest absolute Gasteiger partial charge is 0.383 e. The minimum absolute atomic E-state index is 0.131. The number of hydrogen-bond donors (Lipinski definition) is 4. The predicted octanol–water partition coefficient (Wildman–Crippen LogP) is 5.81. The van der Waals surface area contributed by atoms with E-state index in [1.54, 1.807) is 12.1 Å². The number of hydrogen-bond acceptors (Lipinski definition) is 12. The van der Waals surface area contributed by atoms with E-state index in [1.165, 1.54) is 23.8 Å². The molecule has 0 fully saturated rings. The first-order valence-electron chi connectivity index (χ1n) is 14.4. The number of rotatable bonds is 17. The Hall–Kier alpha value is -5.40. The van der Waals surface area contributed by atoms with Gasteiger partial charge in [0.25, 0.3) is 0 Å². The first-order valence-corrected chi connectivity index (χ1v) is 14.4. The van der Waals surface area contributed by atoms with Crippen molar-refractivity contribution in [1.82, 2.24) is 25.3 Å². The van der Waals surface area contributed by atoms with Gasteiger partial charge in [0.1, 0.15) is 5.82 Å². The molecule has 13 nitrogen and oxygen atoms in total. The molecule has 2 aromatic heterocycles. The molecule has 0 aliphatic heterocycles. The van der Waals surface area contributed by atoms with Crippen LogP contribution in [0.2, 0.25) is 0 Å². The molecule has 2 heterocycles. The molecule has 0 unspecified atom stereocenters. The predicted molar refractivity (Wildman–Crippen MR) is 166 cm³/mol. The SMILES string of the molecule is O=[N+]([O-])c1ccc(NCCCCCCNc2nc(NCCc3ccccc3)nc(NCc3cccc(F)c3)n2)c2nonc12.